The third kappa shape index (κ3) is 9.88. The van der Waals surface area contributed by atoms with E-state index >= 15 is 0 Å². The number of ether oxygens (including phenoxy) is 3. The summed E-state index contributed by atoms with van der Waals surface area (Å²) in [5, 5.41) is 21.9. The standard InChI is InChI=1S/C30H37NO6/c1-3-35-30(34)22-37-28-16-14-25(15-17-28)18-23(2)31(29(33)19-24-10-6-4-7-11-24)20-26(32)21-36-27-12-8-5-9-13-27/h4-17,23,26,29,32-33H,3,18-22H2,1-2H3. The highest BCUT2D eigenvalue weighted by atomic mass is 16.6. The smallest absolute Gasteiger partial charge is 0.344 e. The van der Waals surface area contributed by atoms with Crippen molar-refractivity contribution in [3.8, 4) is 11.5 Å². The molecule has 198 valence electrons. The molecule has 0 spiro atoms. The van der Waals surface area contributed by atoms with Gasteiger partial charge >= 0.3 is 5.97 Å². The molecule has 3 atom stereocenters. The number of esters is 1. The van der Waals surface area contributed by atoms with E-state index in [1.807, 2.05) is 96.8 Å². The first-order chi connectivity index (χ1) is 17.9. The molecule has 0 saturated carbocycles. The van der Waals surface area contributed by atoms with Crippen LogP contribution in [-0.4, -0.2) is 65.8 Å². The minimum atomic E-state index is -0.785. The maximum absolute atomic E-state index is 11.5. The van der Waals surface area contributed by atoms with Crippen LogP contribution in [-0.2, 0) is 22.4 Å². The van der Waals surface area contributed by atoms with E-state index in [1.54, 1.807) is 6.92 Å². The van der Waals surface area contributed by atoms with Crippen molar-refractivity contribution < 1.29 is 29.2 Å². The minimum absolute atomic E-state index is 0.0728. The van der Waals surface area contributed by atoms with Crippen molar-refractivity contribution in [1.29, 1.82) is 0 Å². The molecule has 3 unspecified atom stereocenters. The Morgan fingerprint density at radius 1 is 0.811 bits per heavy atom. The van der Waals surface area contributed by atoms with Crippen molar-refractivity contribution in [2.24, 2.45) is 0 Å². The molecular formula is C30H37NO6. The van der Waals surface area contributed by atoms with Crippen LogP contribution in [0.1, 0.15) is 25.0 Å². The molecule has 0 bridgehead atoms. The average molecular weight is 508 g/mol. The van der Waals surface area contributed by atoms with Gasteiger partial charge in [-0.1, -0.05) is 60.7 Å². The van der Waals surface area contributed by atoms with Gasteiger partial charge in [-0.2, -0.15) is 0 Å². The van der Waals surface area contributed by atoms with Crippen LogP contribution < -0.4 is 9.47 Å². The van der Waals surface area contributed by atoms with E-state index in [9.17, 15) is 15.0 Å². The molecule has 7 nitrogen and oxygen atoms in total. The van der Waals surface area contributed by atoms with E-state index in [-0.39, 0.29) is 25.8 Å². The second-order valence-corrected chi connectivity index (χ2v) is 8.94. The fourth-order valence-corrected chi connectivity index (χ4v) is 4.07. The largest absolute Gasteiger partial charge is 0.491 e. The first kappa shape index (κ1) is 28.2. The lowest BCUT2D eigenvalue weighted by atomic mass is 10.0. The Labute approximate surface area is 219 Å². The third-order valence-electron chi connectivity index (χ3n) is 5.93. The zero-order chi connectivity index (χ0) is 26.5. The van der Waals surface area contributed by atoms with Gasteiger partial charge < -0.3 is 24.4 Å². The fourth-order valence-electron chi connectivity index (χ4n) is 4.07. The number of aliphatic hydroxyl groups is 2. The van der Waals surface area contributed by atoms with E-state index in [1.165, 1.54) is 0 Å². The highest BCUT2D eigenvalue weighted by Gasteiger charge is 2.25. The normalized spacial score (nSPS) is 13.5. The second-order valence-electron chi connectivity index (χ2n) is 8.94. The van der Waals surface area contributed by atoms with Gasteiger partial charge in [0, 0.05) is 19.0 Å². The predicted molar refractivity (Wildman–Crippen MR) is 143 cm³/mol. The first-order valence-electron chi connectivity index (χ1n) is 12.7. The van der Waals surface area contributed by atoms with Gasteiger partial charge in [0.1, 0.15) is 30.4 Å². The highest BCUT2D eigenvalue weighted by molar-refractivity contribution is 5.71. The summed E-state index contributed by atoms with van der Waals surface area (Å²) in [7, 11) is 0. The molecule has 7 heteroatoms. The van der Waals surface area contributed by atoms with Crippen LogP contribution in [0.15, 0.2) is 84.9 Å². The molecule has 3 aromatic carbocycles. The predicted octanol–water partition coefficient (Wildman–Crippen LogP) is 3.86. The first-order valence-corrected chi connectivity index (χ1v) is 12.7. The third-order valence-corrected chi connectivity index (χ3v) is 5.93. The van der Waals surface area contributed by atoms with Crippen molar-refractivity contribution >= 4 is 5.97 Å². The van der Waals surface area contributed by atoms with Crippen LogP contribution in [0, 0.1) is 0 Å². The molecule has 0 heterocycles. The zero-order valence-corrected chi connectivity index (χ0v) is 21.5. The Balaban J connectivity index is 1.62. The number of rotatable bonds is 15. The van der Waals surface area contributed by atoms with Crippen LogP contribution in [0.25, 0.3) is 0 Å². The maximum Gasteiger partial charge on any atom is 0.344 e. The summed E-state index contributed by atoms with van der Waals surface area (Å²) >= 11 is 0. The average Bonchev–Trinajstić information content (AvgIpc) is 2.91. The Bertz CT molecular complexity index is 1040. The van der Waals surface area contributed by atoms with E-state index < -0.39 is 18.3 Å². The SMILES string of the molecule is CCOC(=O)COc1ccc(CC(C)N(CC(O)COc2ccccc2)C(O)Cc2ccccc2)cc1. The summed E-state index contributed by atoms with van der Waals surface area (Å²) in [6, 6.07) is 26.6. The molecule has 0 fully saturated rings. The lowest BCUT2D eigenvalue weighted by molar-refractivity contribution is -0.145. The number of aliphatic hydroxyl groups excluding tert-OH is 2. The summed E-state index contributed by atoms with van der Waals surface area (Å²) in [5.41, 5.74) is 2.06. The quantitative estimate of drug-likeness (QED) is 0.239. The van der Waals surface area contributed by atoms with E-state index in [4.69, 9.17) is 14.2 Å². The zero-order valence-electron chi connectivity index (χ0n) is 21.5. The van der Waals surface area contributed by atoms with E-state index in [2.05, 4.69) is 0 Å². The number of carbonyl (C=O) groups excluding carboxylic acids is 1. The van der Waals surface area contributed by atoms with Gasteiger partial charge in [-0.3, -0.25) is 4.90 Å². The topological polar surface area (TPSA) is 88.5 Å². The molecule has 0 amide bonds. The molecule has 2 N–H and O–H groups in total. The lowest BCUT2D eigenvalue weighted by Crippen LogP contribution is -2.48. The lowest BCUT2D eigenvalue weighted by Gasteiger charge is -2.35. The van der Waals surface area contributed by atoms with Gasteiger partial charge in [-0.15, -0.1) is 0 Å². The molecule has 3 rings (SSSR count). The molecule has 0 saturated heterocycles. The van der Waals surface area contributed by atoms with Gasteiger partial charge in [-0.05, 0) is 55.7 Å². The Kier molecular flexibility index (Phi) is 11.4. The number of hydrogen-bond donors (Lipinski definition) is 2. The number of nitrogens with zero attached hydrogens (tertiary/aromatic N) is 1. The van der Waals surface area contributed by atoms with Crippen LogP contribution in [0.5, 0.6) is 11.5 Å². The van der Waals surface area contributed by atoms with E-state index in [0.717, 1.165) is 11.1 Å². The molecule has 3 aromatic rings. The van der Waals surface area contributed by atoms with Gasteiger partial charge in [0.05, 0.1) is 6.61 Å². The Morgan fingerprint density at radius 3 is 2.05 bits per heavy atom. The number of para-hydroxylation sites is 1. The minimum Gasteiger partial charge on any atom is -0.491 e. The van der Waals surface area contributed by atoms with Crippen molar-refractivity contribution in [3.05, 3.63) is 96.1 Å². The summed E-state index contributed by atoms with van der Waals surface area (Å²) in [6.07, 6.45) is -0.475. The van der Waals surface area contributed by atoms with Gasteiger partial charge in [0.25, 0.3) is 0 Å². The summed E-state index contributed by atoms with van der Waals surface area (Å²) in [4.78, 5) is 13.4. The Morgan fingerprint density at radius 2 is 1.41 bits per heavy atom. The van der Waals surface area contributed by atoms with Crippen molar-refractivity contribution in [2.45, 2.75) is 45.1 Å². The molecule has 0 aliphatic heterocycles. The Hall–Kier alpha value is -3.39. The molecule has 0 aliphatic carbocycles. The monoisotopic (exact) mass is 507 g/mol. The van der Waals surface area contributed by atoms with Gasteiger partial charge in [-0.25, -0.2) is 4.79 Å². The van der Waals surface area contributed by atoms with Crippen molar-refractivity contribution in [3.63, 3.8) is 0 Å². The molecule has 37 heavy (non-hydrogen) atoms. The van der Waals surface area contributed by atoms with Crippen LogP contribution in [0.3, 0.4) is 0 Å². The van der Waals surface area contributed by atoms with Crippen LogP contribution in [0.4, 0.5) is 0 Å². The fraction of sp³-hybridized carbons (Fsp3) is 0.367. The molecule has 0 aliphatic rings. The molecule has 0 aromatic heterocycles. The van der Waals surface area contributed by atoms with Crippen molar-refractivity contribution in [2.75, 3.05) is 26.4 Å². The summed E-state index contributed by atoms with van der Waals surface area (Å²) in [5.74, 6) is 0.869. The number of hydrogen-bond acceptors (Lipinski definition) is 7. The maximum atomic E-state index is 11.5. The number of benzene rings is 3. The van der Waals surface area contributed by atoms with E-state index in [0.29, 0.717) is 30.9 Å². The van der Waals surface area contributed by atoms with Crippen LogP contribution >= 0.6 is 0 Å². The highest BCUT2D eigenvalue weighted by Crippen LogP contribution is 2.18. The van der Waals surface area contributed by atoms with Gasteiger partial charge in [0.15, 0.2) is 6.61 Å². The molecular weight excluding hydrogens is 470 g/mol. The van der Waals surface area contributed by atoms with Crippen molar-refractivity contribution in [1.82, 2.24) is 4.90 Å². The second kappa shape index (κ2) is 15.0. The van der Waals surface area contributed by atoms with Gasteiger partial charge in [0.2, 0.25) is 0 Å². The summed E-state index contributed by atoms with van der Waals surface area (Å²) < 4.78 is 16.1. The summed E-state index contributed by atoms with van der Waals surface area (Å²) in [6.45, 7) is 4.35. The number of carbonyl (C=O) groups is 1. The molecule has 0 radical (unpaired) electrons. The van der Waals surface area contributed by atoms with Crippen LogP contribution in [0.2, 0.25) is 0 Å².